The lowest BCUT2D eigenvalue weighted by Gasteiger charge is -2.19. The molecule has 0 N–H and O–H groups in total. The highest BCUT2D eigenvalue weighted by molar-refractivity contribution is 9.10. The van der Waals surface area contributed by atoms with E-state index in [-0.39, 0.29) is 16.6 Å². The summed E-state index contributed by atoms with van der Waals surface area (Å²) in [6.07, 6.45) is 1.63. The largest absolute Gasteiger partial charge is 0.289 e. The Bertz CT molecular complexity index is 613. The molecule has 0 spiro atoms. The van der Waals surface area contributed by atoms with Gasteiger partial charge in [0.25, 0.3) is 5.69 Å². The van der Waals surface area contributed by atoms with Crippen LogP contribution >= 0.6 is 15.9 Å². The van der Waals surface area contributed by atoms with Crippen LogP contribution in [0.1, 0.15) is 19.8 Å². The highest BCUT2D eigenvalue weighted by Gasteiger charge is 2.39. The molecular weight excluding hydrogens is 336 g/mol. The lowest BCUT2D eigenvalue weighted by Crippen LogP contribution is -2.33. The van der Waals surface area contributed by atoms with Crippen molar-refractivity contribution >= 4 is 31.6 Å². The van der Waals surface area contributed by atoms with Crippen LogP contribution in [-0.4, -0.2) is 30.2 Å². The summed E-state index contributed by atoms with van der Waals surface area (Å²) in [5, 5.41) is 11.0. The van der Waals surface area contributed by atoms with Gasteiger partial charge in [-0.05, 0) is 25.0 Å². The molecule has 0 aliphatic heterocycles. The van der Waals surface area contributed by atoms with Crippen LogP contribution in [0.15, 0.2) is 27.6 Å². The number of hydrogen-bond donors (Lipinski definition) is 0. The molecular formula is C11H13BrN2O4S. The van der Waals surface area contributed by atoms with Crippen molar-refractivity contribution in [2.45, 2.75) is 30.7 Å². The van der Waals surface area contributed by atoms with Gasteiger partial charge in [0.1, 0.15) is 0 Å². The molecule has 1 aromatic carbocycles. The zero-order valence-electron chi connectivity index (χ0n) is 10.2. The molecule has 0 atom stereocenters. The van der Waals surface area contributed by atoms with Crippen LogP contribution < -0.4 is 0 Å². The molecule has 0 heterocycles. The van der Waals surface area contributed by atoms with Gasteiger partial charge in [-0.2, -0.15) is 4.31 Å². The molecule has 1 aliphatic carbocycles. The van der Waals surface area contributed by atoms with E-state index in [0.717, 1.165) is 12.8 Å². The number of nitro groups is 1. The van der Waals surface area contributed by atoms with Gasteiger partial charge < -0.3 is 0 Å². The number of benzene rings is 1. The fraction of sp³-hybridized carbons (Fsp3) is 0.455. The molecule has 0 aromatic heterocycles. The van der Waals surface area contributed by atoms with Crippen LogP contribution in [0, 0.1) is 10.1 Å². The normalized spacial score (nSPS) is 15.7. The van der Waals surface area contributed by atoms with Gasteiger partial charge in [-0.15, -0.1) is 0 Å². The molecule has 0 amide bonds. The van der Waals surface area contributed by atoms with Crippen LogP contribution in [0.3, 0.4) is 0 Å². The maximum Gasteiger partial charge on any atom is 0.289 e. The standard InChI is InChI=1S/C11H13BrN2O4S/c1-2-13(9-4-5-9)19(17,18)11-7-8(12)3-6-10(11)14(15)16/h3,6-7,9H,2,4-5H2,1H3. The molecule has 8 heteroatoms. The van der Waals surface area contributed by atoms with Crippen LogP contribution in [0.5, 0.6) is 0 Å². The number of nitro benzene ring substituents is 1. The summed E-state index contributed by atoms with van der Waals surface area (Å²) in [7, 11) is -3.82. The fourth-order valence-corrected chi connectivity index (χ4v) is 4.35. The first-order valence-electron chi connectivity index (χ1n) is 5.83. The number of nitrogens with zero attached hydrogens (tertiary/aromatic N) is 2. The molecule has 1 aliphatic rings. The van der Waals surface area contributed by atoms with Gasteiger partial charge in [0.2, 0.25) is 10.0 Å². The third kappa shape index (κ3) is 2.80. The molecule has 0 bridgehead atoms. The summed E-state index contributed by atoms with van der Waals surface area (Å²) in [5.74, 6) is 0. The minimum absolute atomic E-state index is 0.0198. The van der Waals surface area contributed by atoms with E-state index in [2.05, 4.69) is 15.9 Å². The molecule has 19 heavy (non-hydrogen) atoms. The lowest BCUT2D eigenvalue weighted by atomic mass is 10.3. The highest BCUT2D eigenvalue weighted by atomic mass is 79.9. The second-order valence-electron chi connectivity index (χ2n) is 4.31. The maximum absolute atomic E-state index is 12.5. The summed E-state index contributed by atoms with van der Waals surface area (Å²) in [4.78, 5) is 10.1. The van der Waals surface area contributed by atoms with E-state index >= 15 is 0 Å². The first kappa shape index (κ1) is 14.4. The number of halogens is 1. The summed E-state index contributed by atoms with van der Waals surface area (Å²) in [5.41, 5.74) is -0.387. The van der Waals surface area contributed by atoms with Crippen molar-refractivity contribution in [3.8, 4) is 0 Å². The van der Waals surface area contributed by atoms with Crippen molar-refractivity contribution in [3.63, 3.8) is 0 Å². The molecule has 104 valence electrons. The Balaban J connectivity index is 2.55. The minimum atomic E-state index is -3.82. The molecule has 1 fully saturated rings. The molecule has 2 rings (SSSR count). The van der Waals surface area contributed by atoms with E-state index in [4.69, 9.17) is 0 Å². The van der Waals surface area contributed by atoms with Crippen molar-refractivity contribution < 1.29 is 13.3 Å². The van der Waals surface area contributed by atoms with Crippen LogP contribution in [0.2, 0.25) is 0 Å². The SMILES string of the molecule is CCN(C1CC1)S(=O)(=O)c1cc(Br)ccc1[N+](=O)[O-]. The quantitative estimate of drug-likeness (QED) is 0.604. The topological polar surface area (TPSA) is 80.5 Å². The molecule has 0 radical (unpaired) electrons. The van der Waals surface area contributed by atoms with Gasteiger partial charge in [-0.25, -0.2) is 8.42 Å². The van der Waals surface area contributed by atoms with Crippen molar-refractivity contribution in [2.75, 3.05) is 6.54 Å². The molecule has 0 unspecified atom stereocenters. The van der Waals surface area contributed by atoms with Crippen molar-refractivity contribution in [2.24, 2.45) is 0 Å². The number of sulfonamides is 1. The zero-order chi connectivity index (χ0) is 14.2. The predicted molar refractivity (Wildman–Crippen MR) is 73.4 cm³/mol. The highest BCUT2D eigenvalue weighted by Crippen LogP contribution is 2.35. The first-order chi connectivity index (χ1) is 8.87. The average molecular weight is 349 g/mol. The summed E-state index contributed by atoms with van der Waals surface area (Å²) < 4.78 is 26.9. The van der Waals surface area contributed by atoms with E-state index in [0.29, 0.717) is 11.0 Å². The maximum atomic E-state index is 12.5. The second kappa shape index (κ2) is 5.18. The molecule has 6 nitrogen and oxygen atoms in total. The van der Waals surface area contributed by atoms with E-state index in [1.807, 2.05) is 0 Å². The van der Waals surface area contributed by atoms with Crippen LogP contribution in [0.25, 0.3) is 0 Å². The Kier molecular flexibility index (Phi) is 3.93. The first-order valence-corrected chi connectivity index (χ1v) is 8.07. The fourth-order valence-electron chi connectivity index (χ4n) is 1.96. The number of rotatable bonds is 5. The summed E-state index contributed by atoms with van der Waals surface area (Å²) in [6.45, 7) is 2.05. The number of hydrogen-bond acceptors (Lipinski definition) is 4. The Labute approximate surface area is 119 Å². The van der Waals surface area contributed by atoms with Gasteiger partial charge in [0.05, 0.1) is 4.92 Å². The monoisotopic (exact) mass is 348 g/mol. The third-order valence-electron chi connectivity index (χ3n) is 2.97. The predicted octanol–water partition coefficient (Wildman–Crippen LogP) is 2.53. The molecule has 1 saturated carbocycles. The summed E-state index contributed by atoms with van der Waals surface area (Å²) in [6, 6.07) is 3.94. The Morgan fingerprint density at radius 1 is 1.47 bits per heavy atom. The Hall–Kier alpha value is -0.990. The Morgan fingerprint density at radius 3 is 2.58 bits per heavy atom. The minimum Gasteiger partial charge on any atom is -0.258 e. The van der Waals surface area contributed by atoms with E-state index in [1.165, 1.54) is 22.5 Å². The second-order valence-corrected chi connectivity index (χ2v) is 7.08. The van der Waals surface area contributed by atoms with Gasteiger partial charge in [-0.1, -0.05) is 22.9 Å². The van der Waals surface area contributed by atoms with Crippen molar-refractivity contribution in [3.05, 3.63) is 32.8 Å². The van der Waals surface area contributed by atoms with E-state index in [1.54, 1.807) is 6.92 Å². The van der Waals surface area contributed by atoms with Gasteiger partial charge in [0.15, 0.2) is 4.90 Å². The smallest absolute Gasteiger partial charge is 0.258 e. The van der Waals surface area contributed by atoms with Gasteiger partial charge in [-0.3, -0.25) is 10.1 Å². The zero-order valence-corrected chi connectivity index (χ0v) is 12.6. The van der Waals surface area contributed by atoms with E-state index in [9.17, 15) is 18.5 Å². The third-order valence-corrected chi connectivity index (χ3v) is 5.52. The lowest BCUT2D eigenvalue weighted by molar-refractivity contribution is -0.387. The van der Waals surface area contributed by atoms with Crippen LogP contribution in [0.4, 0.5) is 5.69 Å². The van der Waals surface area contributed by atoms with Gasteiger partial charge >= 0.3 is 0 Å². The Morgan fingerprint density at radius 2 is 2.11 bits per heavy atom. The average Bonchev–Trinajstić information content (AvgIpc) is 3.13. The van der Waals surface area contributed by atoms with Crippen LogP contribution in [-0.2, 0) is 10.0 Å². The molecule has 0 saturated heterocycles. The van der Waals surface area contributed by atoms with E-state index < -0.39 is 14.9 Å². The summed E-state index contributed by atoms with van der Waals surface area (Å²) >= 11 is 3.16. The van der Waals surface area contributed by atoms with Crippen molar-refractivity contribution in [1.29, 1.82) is 0 Å². The van der Waals surface area contributed by atoms with Crippen molar-refractivity contribution in [1.82, 2.24) is 4.31 Å². The van der Waals surface area contributed by atoms with Gasteiger partial charge in [0, 0.05) is 23.1 Å². The molecule has 1 aromatic rings.